The molecule has 18 heavy (non-hydrogen) atoms. The maximum absolute atomic E-state index is 12.2. The molecule has 1 N–H and O–H groups in total. The van der Waals surface area contributed by atoms with Crippen molar-refractivity contribution in [3.8, 4) is 0 Å². The van der Waals surface area contributed by atoms with Gasteiger partial charge in [-0.1, -0.05) is 13.8 Å². The predicted octanol–water partition coefficient (Wildman–Crippen LogP) is 2.12. The number of esters is 1. The molecule has 0 aromatic rings. The first kappa shape index (κ1) is 15.4. The number of hydrogen-bond acceptors (Lipinski definition) is 4. The molecule has 1 rings (SSSR count). The van der Waals surface area contributed by atoms with Crippen LogP contribution in [0, 0.1) is 5.92 Å². The monoisotopic (exact) mass is 257 g/mol. The van der Waals surface area contributed by atoms with Gasteiger partial charge in [0.15, 0.2) is 0 Å². The van der Waals surface area contributed by atoms with Gasteiger partial charge in [0.2, 0.25) is 0 Å². The molecular weight excluding hydrogens is 230 g/mol. The van der Waals surface area contributed by atoms with Crippen LogP contribution in [0.1, 0.15) is 47.5 Å². The molecule has 0 bridgehead atoms. The summed E-state index contributed by atoms with van der Waals surface area (Å²) in [6.07, 6.45) is 1.93. The maximum atomic E-state index is 12.2. The number of carbonyl (C=O) groups is 1. The third kappa shape index (κ3) is 5.36. The Labute approximate surface area is 110 Å². The van der Waals surface area contributed by atoms with E-state index in [9.17, 15) is 4.79 Å². The average Bonchev–Trinajstić information content (AvgIpc) is 2.24. The van der Waals surface area contributed by atoms with Crippen LogP contribution in [-0.4, -0.2) is 36.9 Å². The summed E-state index contributed by atoms with van der Waals surface area (Å²) in [5.41, 5.74) is -0.429. The molecule has 1 aliphatic rings. The molecule has 4 heteroatoms. The summed E-state index contributed by atoms with van der Waals surface area (Å²) in [5.74, 6) is 0.0756. The molecule has 1 heterocycles. The van der Waals surface area contributed by atoms with E-state index in [1.54, 1.807) is 0 Å². The number of nitrogens with one attached hydrogen (secondary N) is 1. The van der Waals surface area contributed by atoms with Gasteiger partial charge in [-0.25, -0.2) is 0 Å². The zero-order valence-corrected chi connectivity index (χ0v) is 12.3. The lowest BCUT2D eigenvalue weighted by Crippen LogP contribution is -2.50. The lowest BCUT2D eigenvalue weighted by Gasteiger charge is -2.31. The van der Waals surface area contributed by atoms with E-state index in [1.807, 2.05) is 34.6 Å². The predicted molar refractivity (Wildman–Crippen MR) is 71.4 cm³/mol. The molecule has 0 aliphatic carbocycles. The summed E-state index contributed by atoms with van der Waals surface area (Å²) in [7, 11) is 0. The van der Waals surface area contributed by atoms with Crippen LogP contribution in [0.15, 0.2) is 0 Å². The number of ether oxygens (including phenoxy) is 2. The highest BCUT2D eigenvalue weighted by molar-refractivity contribution is 5.76. The molecule has 0 amide bonds. The van der Waals surface area contributed by atoms with Crippen LogP contribution in [0.2, 0.25) is 0 Å². The van der Waals surface area contributed by atoms with Gasteiger partial charge in [0, 0.05) is 19.3 Å². The number of hydrogen-bond donors (Lipinski definition) is 1. The zero-order valence-electron chi connectivity index (χ0n) is 12.3. The van der Waals surface area contributed by atoms with Gasteiger partial charge < -0.3 is 14.8 Å². The van der Waals surface area contributed by atoms with Crippen LogP contribution in [0.4, 0.5) is 0 Å². The second kappa shape index (κ2) is 6.53. The van der Waals surface area contributed by atoms with E-state index in [-0.39, 0.29) is 17.9 Å². The third-order valence-electron chi connectivity index (χ3n) is 2.96. The first-order valence-electron chi connectivity index (χ1n) is 6.86. The highest BCUT2D eigenvalue weighted by atomic mass is 16.6. The van der Waals surface area contributed by atoms with Crippen molar-refractivity contribution in [2.24, 2.45) is 5.92 Å². The number of carbonyl (C=O) groups excluding carboxylic acids is 1. The largest absolute Gasteiger partial charge is 0.459 e. The standard InChI is InChI=1S/C14H27NO3/c1-10(2)12(13(16)18-14(3,4)5)15-11-6-8-17-9-7-11/h10-12,15H,6-9H2,1-5H3. The Kier molecular flexibility index (Phi) is 5.60. The lowest BCUT2D eigenvalue weighted by molar-refractivity contribution is -0.159. The molecule has 0 saturated carbocycles. The van der Waals surface area contributed by atoms with Crippen molar-refractivity contribution in [2.45, 2.75) is 65.1 Å². The Morgan fingerprint density at radius 3 is 2.28 bits per heavy atom. The Morgan fingerprint density at radius 1 is 1.28 bits per heavy atom. The van der Waals surface area contributed by atoms with E-state index in [4.69, 9.17) is 9.47 Å². The summed E-state index contributed by atoms with van der Waals surface area (Å²) in [4.78, 5) is 12.2. The molecule has 1 aliphatic heterocycles. The summed E-state index contributed by atoms with van der Waals surface area (Å²) in [5, 5.41) is 3.42. The highest BCUT2D eigenvalue weighted by Crippen LogP contribution is 2.15. The van der Waals surface area contributed by atoms with Gasteiger partial charge in [-0.15, -0.1) is 0 Å². The molecule has 0 aromatic heterocycles. The average molecular weight is 257 g/mol. The van der Waals surface area contributed by atoms with Gasteiger partial charge in [-0.3, -0.25) is 4.79 Å². The smallest absolute Gasteiger partial charge is 0.323 e. The summed E-state index contributed by atoms with van der Waals surface area (Å²) >= 11 is 0. The van der Waals surface area contributed by atoms with Crippen LogP contribution < -0.4 is 5.32 Å². The fourth-order valence-corrected chi connectivity index (χ4v) is 2.02. The molecule has 0 radical (unpaired) electrons. The quantitative estimate of drug-likeness (QED) is 0.784. The van der Waals surface area contributed by atoms with E-state index in [1.165, 1.54) is 0 Å². The molecule has 0 spiro atoms. The second-order valence-corrected chi connectivity index (χ2v) is 6.31. The Balaban J connectivity index is 2.55. The Morgan fingerprint density at radius 2 is 1.83 bits per heavy atom. The Bertz CT molecular complexity index is 265. The molecule has 4 nitrogen and oxygen atoms in total. The topological polar surface area (TPSA) is 47.6 Å². The van der Waals surface area contributed by atoms with Gasteiger partial charge in [-0.2, -0.15) is 0 Å². The van der Waals surface area contributed by atoms with Gasteiger partial charge in [0.25, 0.3) is 0 Å². The van der Waals surface area contributed by atoms with Crippen molar-refractivity contribution < 1.29 is 14.3 Å². The Hall–Kier alpha value is -0.610. The second-order valence-electron chi connectivity index (χ2n) is 6.31. The highest BCUT2D eigenvalue weighted by Gasteiger charge is 2.30. The minimum absolute atomic E-state index is 0.149. The van der Waals surface area contributed by atoms with Crippen molar-refractivity contribution in [1.82, 2.24) is 5.32 Å². The maximum Gasteiger partial charge on any atom is 0.323 e. The minimum Gasteiger partial charge on any atom is -0.459 e. The fourth-order valence-electron chi connectivity index (χ4n) is 2.02. The molecule has 1 atom stereocenters. The third-order valence-corrected chi connectivity index (χ3v) is 2.96. The van der Waals surface area contributed by atoms with Crippen LogP contribution in [0.25, 0.3) is 0 Å². The molecule has 1 fully saturated rings. The van der Waals surface area contributed by atoms with Crippen LogP contribution >= 0.6 is 0 Å². The summed E-state index contributed by atoms with van der Waals surface area (Å²) < 4.78 is 10.8. The van der Waals surface area contributed by atoms with Crippen molar-refractivity contribution in [3.63, 3.8) is 0 Å². The van der Waals surface area contributed by atoms with Crippen LogP contribution in [0.5, 0.6) is 0 Å². The van der Waals surface area contributed by atoms with E-state index in [0.29, 0.717) is 6.04 Å². The zero-order chi connectivity index (χ0) is 13.8. The van der Waals surface area contributed by atoms with E-state index >= 15 is 0 Å². The van der Waals surface area contributed by atoms with Gasteiger partial charge in [0.1, 0.15) is 11.6 Å². The molecule has 1 saturated heterocycles. The SMILES string of the molecule is CC(C)C(NC1CCOCC1)C(=O)OC(C)(C)C. The van der Waals surface area contributed by atoms with E-state index in [2.05, 4.69) is 5.32 Å². The molecular formula is C14H27NO3. The first-order chi connectivity index (χ1) is 8.29. The van der Waals surface area contributed by atoms with Crippen LogP contribution in [0.3, 0.4) is 0 Å². The van der Waals surface area contributed by atoms with Crippen molar-refractivity contribution in [3.05, 3.63) is 0 Å². The molecule has 1 unspecified atom stereocenters. The fraction of sp³-hybridized carbons (Fsp3) is 0.929. The van der Waals surface area contributed by atoms with Crippen molar-refractivity contribution in [2.75, 3.05) is 13.2 Å². The first-order valence-corrected chi connectivity index (χ1v) is 6.86. The van der Waals surface area contributed by atoms with Gasteiger partial charge in [-0.05, 0) is 39.5 Å². The van der Waals surface area contributed by atoms with Crippen LogP contribution in [-0.2, 0) is 14.3 Å². The van der Waals surface area contributed by atoms with Crippen molar-refractivity contribution >= 4 is 5.97 Å². The minimum atomic E-state index is -0.429. The van der Waals surface area contributed by atoms with Crippen molar-refractivity contribution in [1.29, 1.82) is 0 Å². The molecule has 106 valence electrons. The van der Waals surface area contributed by atoms with Gasteiger partial charge >= 0.3 is 5.97 Å². The van der Waals surface area contributed by atoms with Gasteiger partial charge in [0.05, 0.1) is 0 Å². The van der Waals surface area contributed by atoms with E-state index < -0.39 is 5.60 Å². The lowest BCUT2D eigenvalue weighted by atomic mass is 10.0. The normalized spacial score (nSPS) is 19.9. The summed E-state index contributed by atoms with van der Waals surface area (Å²) in [6, 6.07) is 0.131. The summed E-state index contributed by atoms with van der Waals surface area (Å²) in [6.45, 7) is 11.3. The number of rotatable bonds is 4. The van der Waals surface area contributed by atoms with E-state index in [0.717, 1.165) is 26.1 Å². The molecule has 0 aromatic carbocycles.